The summed E-state index contributed by atoms with van der Waals surface area (Å²) in [6.07, 6.45) is 0. The number of benzene rings is 3. The zero-order valence-corrected chi connectivity index (χ0v) is 14.0. The van der Waals surface area contributed by atoms with Gasteiger partial charge in [-0.2, -0.15) is 0 Å². The third kappa shape index (κ3) is 3.09. The Hall–Kier alpha value is -2.87. The second kappa shape index (κ2) is 6.71. The quantitative estimate of drug-likeness (QED) is 0.743. The molecule has 120 valence electrons. The molecule has 0 aliphatic heterocycles. The maximum Gasteiger partial charge on any atom is 0.252 e. The highest BCUT2D eigenvalue weighted by molar-refractivity contribution is 5.96. The Morgan fingerprint density at radius 3 is 1.71 bits per heavy atom. The minimum absolute atomic E-state index is 0.0664. The third-order valence-electron chi connectivity index (χ3n) is 4.46. The summed E-state index contributed by atoms with van der Waals surface area (Å²) in [4.78, 5) is 12.9. The molecule has 3 rings (SSSR count). The van der Waals surface area contributed by atoms with E-state index in [1.54, 1.807) is 0 Å². The van der Waals surface area contributed by atoms with Crippen LogP contribution in [-0.2, 0) is 5.54 Å². The number of aryl methyl sites for hydroxylation is 1. The molecule has 24 heavy (non-hydrogen) atoms. The number of nitrogens with one attached hydrogen (secondary N) is 1. The van der Waals surface area contributed by atoms with Crippen molar-refractivity contribution < 1.29 is 4.79 Å². The van der Waals surface area contributed by atoms with Crippen molar-refractivity contribution in [2.75, 3.05) is 0 Å². The van der Waals surface area contributed by atoms with Gasteiger partial charge in [0.05, 0.1) is 5.54 Å². The van der Waals surface area contributed by atoms with E-state index in [0.717, 1.165) is 16.7 Å². The van der Waals surface area contributed by atoms with E-state index in [-0.39, 0.29) is 5.91 Å². The van der Waals surface area contributed by atoms with Crippen molar-refractivity contribution >= 4 is 5.91 Å². The highest BCUT2D eigenvalue weighted by Crippen LogP contribution is 2.29. The van der Waals surface area contributed by atoms with Crippen molar-refractivity contribution in [1.82, 2.24) is 5.32 Å². The summed E-state index contributed by atoms with van der Waals surface area (Å²) in [5.74, 6) is -0.0664. The fourth-order valence-electron chi connectivity index (χ4n) is 2.98. The smallest absolute Gasteiger partial charge is 0.252 e. The van der Waals surface area contributed by atoms with Gasteiger partial charge in [0, 0.05) is 5.56 Å². The Kier molecular flexibility index (Phi) is 4.48. The summed E-state index contributed by atoms with van der Waals surface area (Å²) in [5.41, 5.74) is 3.19. The maximum atomic E-state index is 12.9. The number of amides is 1. The molecule has 0 saturated carbocycles. The van der Waals surface area contributed by atoms with E-state index in [4.69, 9.17) is 0 Å². The maximum absolute atomic E-state index is 12.9. The number of carbonyl (C=O) groups is 1. The van der Waals surface area contributed by atoms with Crippen LogP contribution in [0, 0.1) is 6.92 Å². The molecule has 0 radical (unpaired) electrons. The molecule has 0 fully saturated rings. The van der Waals surface area contributed by atoms with Crippen LogP contribution in [0.15, 0.2) is 84.9 Å². The molecule has 3 aromatic rings. The molecule has 0 unspecified atom stereocenters. The number of carbonyl (C=O) groups excluding carboxylic acids is 1. The van der Waals surface area contributed by atoms with Gasteiger partial charge in [-0.05, 0) is 36.6 Å². The van der Waals surface area contributed by atoms with Crippen molar-refractivity contribution in [1.29, 1.82) is 0 Å². The van der Waals surface area contributed by atoms with E-state index in [0.29, 0.717) is 5.56 Å². The molecular formula is C22H21NO. The Morgan fingerprint density at radius 2 is 1.21 bits per heavy atom. The Labute approximate surface area is 143 Å². The number of rotatable bonds is 4. The van der Waals surface area contributed by atoms with Gasteiger partial charge >= 0.3 is 0 Å². The highest BCUT2D eigenvalue weighted by atomic mass is 16.1. The summed E-state index contributed by atoms with van der Waals surface area (Å²) in [6, 6.07) is 27.8. The van der Waals surface area contributed by atoms with Crippen LogP contribution in [0.2, 0.25) is 0 Å². The topological polar surface area (TPSA) is 29.1 Å². The van der Waals surface area contributed by atoms with E-state index < -0.39 is 5.54 Å². The van der Waals surface area contributed by atoms with E-state index in [1.807, 2.05) is 98.8 Å². The predicted octanol–water partition coefficient (Wildman–Crippen LogP) is 4.69. The molecule has 2 nitrogen and oxygen atoms in total. The lowest BCUT2D eigenvalue weighted by Gasteiger charge is -2.32. The average molecular weight is 315 g/mol. The first-order valence-corrected chi connectivity index (χ1v) is 8.10. The molecule has 0 aliphatic rings. The van der Waals surface area contributed by atoms with Gasteiger partial charge in [-0.1, -0.05) is 78.9 Å². The van der Waals surface area contributed by atoms with E-state index in [1.165, 1.54) is 0 Å². The first-order valence-electron chi connectivity index (χ1n) is 8.10. The van der Waals surface area contributed by atoms with Gasteiger partial charge in [-0.3, -0.25) is 4.79 Å². The van der Waals surface area contributed by atoms with Crippen LogP contribution in [0.4, 0.5) is 0 Å². The van der Waals surface area contributed by atoms with Crippen LogP contribution in [0.3, 0.4) is 0 Å². The van der Waals surface area contributed by atoms with Crippen molar-refractivity contribution in [2.24, 2.45) is 0 Å². The van der Waals surface area contributed by atoms with Gasteiger partial charge in [0.25, 0.3) is 5.91 Å². The molecule has 3 aromatic carbocycles. The molecule has 0 spiro atoms. The van der Waals surface area contributed by atoms with Crippen molar-refractivity contribution in [3.8, 4) is 0 Å². The van der Waals surface area contributed by atoms with Crippen LogP contribution in [-0.4, -0.2) is 5.91 Å². The fraction of sp³-hybridized carbons (Fsp3) is 0.136. The van der Waals surface area contributed by atoms with E-state index in [9.17, 15) is 4.79 Å². The molecule has 0 heterocycles. The van der Waals surface area contributed by atoms with E-state index >= 15 is 0 Å². The molecule has 1 N–H and O–H groups in total. The van der Waals surface area contributed by atoms with Crippen molar-refractivity contribution in [3.63, 3.8) is 0 Å². The number of hydrogen-bond acceptors (Lipinski definition) is 1. The molecular weight excluding hydrogens is 294 g/mol. The largest absolute Gasteiger partial charge is 0.339 e. The van der Waals surface area contributed by atoms with Gasteiger partial charge in [0.15, 0.2) is 0 Å². The SMILES string of the molecule is Cc1ccccc1C(=O)NC(C)(c1ccccc1)c1ccccc1. The first-order chi connectivity index (χ1) is 11.6. The lowest BCUT2D eigenvalue weighted by Crippen LogP contribution is -2.44. The van der Waals surface area contributed by atoms with Crippen LogP contribution in [0.25, 0.3) is 0 Å². The van der Waals surface area contributed by atoms with Crippen LogP contribution >= 0.6 is 0 Å². The molecule has 0 atom stereocenters. The summed E-state index contributed by atoms with van der Waals surface area (Å²) in [5, 5.41) is 3.24. The van der Waals surface area contributed by atoms with Crippen molar-refractivity contribution in [3.05, 3.63) is 107 Å². The zero-order valence-electron chi connectivity index (χ0n) is 14.0. The minimum Gasteiger partial charge on any atom is -0.339 e. The number of hydrogen-bond donors (Lipinski definition) is 1. The zero-order chi connectivity index (χ0) is 17.0. The fourth-order valence-corrected chi connectivity index (χ4v) is 2.98. The predicted molar refractivity (Wildman–Crippen MR) is 98.0 cm³/mol. The minimum atomic E-state index is -0.595. The third-order valence-corrected chi connectivity index (χ3v) is 4.46. The Balaban J connectivity index is 2.04. The van der Waals surface area contributed by atoms with Crippen LogP contribution in [0.5, 0.6) is 0 Å². The molecule has 2 heteroatoms. The molecule has 0 bridgehead atoms. The Bertz CT molecular complexity index is 785. The van der Waals surface area contributed by atoms with Crippen LogP contribution < -0.4 is 5.32 Å². The van der Waals surface area contributed by atoms with Crippen LogP contribution in [0.1, 0.15) is 34.0 Å². The van der Waals surface area contributed by atoms with Gasteiger partial charge in [0.2, 0.25) is 0 Å². The second-order valence-electron chi connectivity index (χ2n) is 6.13. The summed E-state index contributed by atoms with van der Waals surface area (Å²) in [6.45, 7) is 4.01. The summed E-state index contributed by atoms with van der Waals surface area (Å²) < 4.78 is 0. The molecule has 0 aliphatic carbocycles. The van der Waals surface area contributed by atoms with Gasteiger partial charge in [-0.15, -0.1) is 0 Å². The second-order valence-corrected chi connectivity index (χ2v) is 6.13. The lowest BCUT2D eigenvalue weighted by molar-refractivity contribution is 0.0918. The molecule has 0 saturated heterocycles. The first kappa shape index (κ1) is 16.0. The molecule has 1 amide bonds. The highest BCUT2D eigenvalue weighted by Gasteiger charge is 2.31. The van der Waals surface area contributed by atoms with E-state index in [2.05, 4.69) is 5.32 Å². The normalized spacial score (nSPS) is 11.1. The van der Waals surface area contributed by atoms with Gasteiger partial charge < -0.3 is 5.32 Å². The van der Waals surface area contributed by atoms with Gasteiger partial charge in [-0.25, -0.2) is 0 Å². The standard InChI is InChI=1S/C22H21NO/c1-17-11-9-10-16-20(17)21(24)23-22(2,18-12-5-3-6-13-18)19-14-7-4-8-15-19/h3-16H,1-2H3,(H,23,24). The van der Waals surface area contributed by atoms with Crippen molar-refractivity contribution in [2.45, 2.75) is 19.4 Å². The monoisotopic (exact) mass is 315 g/mol. The average Bonchev–Trinajstić information content (AvgIpc) is 2.63. The summed E-state index contributed by atoms with van der Waals surface area (Å²) >= 11 is 0. The van der Waals surface area contributed by atoms with Gasteiger partial charge in [0.1, 0.15) is 0 Å². The molecule has 0 aromatic heterocycles. The Morgan fingerprint density at radius 1 is 0.750 bits per heavy atom. The lowest BCUT2D eigenvalue weighted by atomic mass is 9.84. The summed E-state index contributed by atoms with van der Waals surface area (Å²) in [7, 11) is 0.